The first-order chi connectivity index (χ1) is 12.0. The Hall–Kier alpha value is -1.13. The Balaban J connectivity index is 1.89. The smallest absolute Gasteiger partial charge is 0.119 e. The minimum absolute atomic E-state index is 0.454. The van der Waals surface area contributed by atoms with Crippen LogP contribution in [0.5, 0.6) is 5.75 Å². The van der Waals surface area contributed by atoms with Gasteiger partial charge in [-0.05, 0) is 62.6 Å². The first kappa shape index (κ1) is 20.2. The van der Waals surface area contributed by atoms with Crippen LogP contribution in [0.25, 0.3) is 0 Å². The molecule has 1 aliphatic heterocycles. The summed E-state index contributed by atoms with van der Waals surface area (Å²) in [5, 5.41) is 3.60. The number of hydrogen-bond donors (Lipinski definition) is 1. The van der Waals surface area contributed by atoms with E-state index in [0.29, 0.717) is 12.1 Å². The lowest BCUT2D eigenvalue weighted by Gasteiger charge is -2.37. The first-order valence-corrected chi connectivity index (χ1v) is 10.8. The summed E-state index contributed by atoms with van der Waals surface area (Å²) >= 11 is 1.83. The normalized spacial score (nSPS) is 17.3. The van der Waals surface area contributed by atoms with Gasteiger partial charge in [-0.3, -0.25) is 4.90 Å². The van der Waals surface area contributed by atoms with E-state index in [1.807, 2.05) is 11.8 Å². The molecule has 0 saturated carbocycles. The number of rotatable bonds is 9. The lowest BCUT2D eigenvalue weighted by atomic mass is 9.97. The predicted molar refractivity (Wildman–Crippen MR) is 111 cm³/mol. The Morgan fingerprint density at radius 3 is 2.72 bits per heavy atom. The lowest BCUT2D eigenvalue weighted by molar-refractivity contribution is 0.155. The van der Waals surface area contributed by atoms with E-state index in [9.17, 15) is 0 Å². The van der Waals surface area contributed by atoms with Crippen molar-refractivity contribution in [1.82, 2.24) is 10.2 Å². The number of likely N-dealkylation sites (tertiary alicyclic amines) is 1. The van der Waals surface area contributed by atoms with E-state index in [4.69, 9.17) is 4.74 Å². The van der Waals surface area contributed by atoms with Gasteiger partial charge in [-0.1, -0.05) is 19.6 Å². The molecule has 1 aromatic carbocycles. The Labute approximate surface area is 158 Å². The minimum atomic E-state index is 0.454. The summed E-state index contributed by atoms with van der Waals surface area (Å²) in [6, 6.07) is 7.58. The van der Waals surface area contributed by atoms with E-state index in [0.717, 1.165) is 43.3 Å². The largest absolute Gasteiger partial charge is 0.494 e. The summed E-state index contributed by atoms with van der Waals surface area (Å²) in [4.78, 5) is 2.60. The van der Waals surface area contributed by atoms with Gasteiger partial charge in [0.25, 0.3) is 0 Å². The summed E-state index contributed by atoms with van der Waals surface area (Å²) < 4.78 is 5.76. The van der Waals surface area contributed by atoms with Crippen molar-refractivity contribution in [2.24, 2.45) is 0 Å². The van der Waals surface area contributed by atoms with Crippen LogP contribution >= 0.6 is 11.8 Å². The van der Waals surface area contributed by atoms with Gasteiger partial charge in [0.05, 0.1) is 6.61 Å². The molecule has 0 spiro atoms. The van der Waals surface area contributed by atoms with Crippen molar-refractivity contribution >= 4 is 11.8 Å². The number of ether oxygens (including phenoxy) is 1. The Kier molecular flexibility index (Phi) is 8.17. The van der Waals surface area contributed by atoms with Gasteiger partial charge < -0.3 is 10.1 Å². The summed E-state index contributed by atoms with van der Waals surface area (Å²) in [6.07, 6.45) is 5.55. The number of thioether (sulfide) groups is 1. The molecule has 1 atom stereocenters. The van der Waals surface area contributed by atoms with Crippen molar-refractivity contribution in [2.45, 2.75) is 52.1 Å². The van der Waals surface area contributed by atoms with Crippen LogP contribution in [-0.2, 0) is 0 Å². The van der Waals surface area contributed by atoms with Crippen LogP contribution in [0.2, 0.25) is 0 Å². The number of nitrogens with one attached hydrogen (secondary N) is 1. The van der Waals surface area contributed by atoms with E-state index in [-0.39, 0.29) is 0 Å². The fraction of sp³-hybridized carbons (Fsp3) is 0.619. The van der Waals surface area contributed by atoms with Gasteiger partial charge in [0, 0.05) is 36.6 Å². The molecule has 3 nitrogen and oxygen atoms in total. The molecule has 1 fully saturated rings. The van der Waals surface area contributed by atoms with Crippen LogP contribution in [0, 0.1) is 6.92 Å². The van der Waals surface area contributed by atoms with Crippen molar-refractivity contribution < 1.29 is 4.74 Å². The Morgan fingerprint density at radius 1 is 1.40 bits per heavy atom. The number of benzene rings is 1. The molecule has 1 N–H and O–H groups in total. The number of piperidine rings is 1. The highest BCUT2D eigenvalue weighted by Crippen LogP contribution is 2.29. The molecular weight excluding hydrogens is 328 g/mol. The fourth-order valence-corrected chi connectivity index (χ4v) is 3.99. The molecule has 1 saturated heterocycles. The van der Waals surface area contributed by atoms with Crippen LogP contribution in [0.3, 0.4) is 0 Å². The van der Waals surface area contributed by atoms with Gasteiger partial charge in [0.2, 0.25) is 0 Å². The quantitative estimate of drug-likeness (QED) is 0.683. The second kappa shape index (κ2) is 10.1. The molecule has 0 aromatic heterocycles. The molecule has 140 valence electrons. The molecule has 1 aromatic rings. The fourth-order valence-electron chi connectivity index (χ4n) is 3.56. The van der Waals surface area contributed by atoms with E-state index in [2.05, 4.69) is 62.0 Å². The third-order valence-corrected chi connectivity index (χ3v) is 5.61. The molecule has 1 aliphatic rings. The summed E-state index contributed by atoms with van der Waals surface area (Å²) in [5.41, 5.74) is 3.91. The van der Waals surface area contributed by atoms with Gasteiger partial charge in [-0.25, -0.2) is 0 Å². The highest BCUT2D eigenvalue weighted by atomic mass is 32.2. The maximum absolute atomic E-state index is 5.76. The van der Waals surface area contributed by atoms with Crippen LogP contribution in [0.15, 0.2) is 30.5 Å². The van der Waals surface area contributed by atoms with Crippen molar-refractivity contribution in [3.8, 4) is 5.75 Å². The zero-order chi connectivity index (χ0) is 18.2. The second-order valence-electron chi connectivity index (χ2n) is 7.03. The molecule has 25 heavy (non-hydrogen) atoms. The molecule has 0 bridgehead atoms. The molecule has 0 amide bonds. The van der Waals surface area contributed by atoms with Gasteiger partial charge in [0.1, 0.15) is 5.75 Å². The Bertz CT molecular complexity index is 553. The van der Waals surface area contributed by atoms with E-state index >= 15 is 0 Å². The third-order valence-electron chi connectivity index (χ3n) is 4.97. The molecule has 1 heterocycles. The monoisotopic (exact) mass is 362 g/mol. The van der Waals surface area contributed by atoms with Gasteiger partial charge in [0.15, 0.2) is 0 Å². The average Bonchev–Trinajstić information content (AvgIpc) is 2.60. The molecule has 2 rings (SSSR count). The maximum Gasteiger partial charge on any atom is 0.119 e. The van der Waals surface area contributed by atoms with Gasteiger partial charge in [-0.2, -0.15) is 11.8 Å². The SMILES string of the molecule is C=C(CSC)NC1CCN(C(C)c2ccc(OCCC)cc2C)CC1. The van der Waals surface area contributed by atoms with Gasteiger partial charge in [-0.15, -0.1) is 0 Å². The van der Waals surface area contributed by atoms with Crippen LogP contribution in [0.1, 0.15) is 50.3 Å². The predicted octanol–water partition coefficient (Wildman–Crippen LogP) is 4.78. The van der Waals surface area contributed by atoms with Crippen molar-refractivity contribution in [1.29, 1.82) is 0 Å². The zero-order valence-corrected chi connectivity index (χ0v) is 17.1. The molecule has 4 heteroatoms. The standard InChI is InChI=1S/C21H34N2OS/c1-6-13-24-20-7-8-21(16(2)14-20)18(4)23-11-9-19(10-12-23)22-17(3)15-25-5/h7-8,14,18-19,22H,3,6,9-13,15H2,1-2,4-5H3. The number of hydrogen-bond acceptors (Lipinski definition) is 4. The average molecular weight is 363 g/mol. The molecule has 0 radical (unpaired) electrons. The molecular formula is C21H34N2OS. The number of nitrogens with zero attached hydrogens (tertiary/aromatic N) is 1. The second-order valence-corrected chi connectivity index (χ2v) is 7.90. The lowest BCUT2D eigenvalue weighted by Crippen LogP contribution is -2.43. The Morgan fingerprint density at radius 2 is 2.12 bits per heavy atom. The van der Waals surface area contributed by atoms with E-state index in [1.165, 1.54) is 24.0 Å². The summed E-state index contributed by atoms with van der Waals surface area (Å²) in [7, 11) is 0. The van der Waals surface area contributed by atoms with Gasteiger partial charge >= 0.3 is 0 Å². The van der Waals surface area contributed by atoms with E-state index < -0.39 is 0 Å². The van der Waals surface area contributed by atoms with Crippen LogP contribution in [0.4, 0.5) is 0 Å². The first-order valence-electron chi connectivity index (χ1n) is 9.45. The molecule has 0 aliphatic carbocycles. The topological polar surface area (TPSA) is 24.5 Å². The maximum atomic E-state index is 5.76. The summed E-state index contributed by atoms with van der Waals surface area (Å²) in [6.45, 7) is 13.9. The van der Waals surface area contributed by atoms with Crippen molar-refractivity contribution in [3.05, 3.63) is 41.6 Å². The third kappa shape index (κ3) is 5.96. The summed E-state index contributed by atoms with van der Waals surface area (Å²) in [5.74, 6) is 1.99. The van der Waals surface area contributed by atoms with Crippen molar-refractivity contribution in [3.63, 3.8) is 0 Å². The van der Waals surface area contributed by atoms with Crippen LogP contribution in [-0.4, -0.2) is 42.6 Å². The van der Waals surface area contributed by atoms with E-state index in [1.54, 1.807) is 0 Å². The molecule has 1 unspecified atom stereocenters. The van der Waals surface area contributed by atoms with Crippen molar-refractivity contribution in [2.75, 3.05) is 31.7 Å². The number of aryl methyl sites for hydroxylation is 1. The minimum Gasteiger partial charge on any atom is -0.494 e. The zero-order valence-electron chi connectivity index (χ0n) is 16.3. The highest BCUT2D eigenvalue weighted by molar-refractivity contribution is 7.98. The highest BCUT2D eigenvalue weighted by Gasteiger charge is 2.24. The van der Waals surface area contributed by atoms with Crippen LogP contribution < -0.4 is 10.1 Å².